The van der Waals surface area contributed by atoms with Crippen LogP contribution in [0, 0.1) is 0 Å². The molecule has 0 aliphatic rings. The molecule has 1 aromatic carbocycles. The van der Waals surface area contributed by atoms with Crippen LogP contribution in [0.15, 0.2) is 22.7 Å². The number of benzene rings is 1. The lowest BCUT2D eigenvalue weighted by Gasteiger charge is -1.92. The highest BCUT2D eigenvalue weighted by atomic mass is 35.5. The molecule has 68 valence electrons. The van der Waals surface area contributed by atoms with Crippen molar-refractivity contribution in [3.63, 3.8) is 0 Å². The largest absolute Gasteiger partial charge is 0.356 e. The van der Waals surface area contributed by atoms with Crippen LogP contribution in [0.4, 0.5) is 0 Å². The van der Waals surface area contributed by atoms with E-state index in [2.05, 4.69) is 5.16 Å². The molecule has 1 aromatic heterocycles. The van der Waals surface area contributed by atoms with E-state index in [1.54, 1.807) is 6.07 Å². The fourth-order valence-corrected chi connectivity index (χ4v) is 1.45. The maximum absolute atomic E-state index is 5.85. The minimum absolute atomic E-state index is 0.564. The van der Waals surface area contributed by atoms with E-state index < -0.39 is 0 Å². The SMILES string of the molecule is NCCc1noc2ccc(Cl)cc12. The Kier molecular flexibility index (Phi) is 2.20. The first-order valence-electron chi connectivity index (χ1n) is 4.05. The Bertz CT molecular complexity index is 424. The van der Waals surface area contributed by atoms with Crippen molar-refractivity contribution >= 4 is 22.6 Å². The molecule has 0 spiro atoms. The van der Waals surface area contributed by atoms with E-state index in [4.69, 9.17) is 21.9 Å². The summed E-state index contributed by atoms with van der Waals surface area (Å²) in [5.74, 6) is 0. The van der Waals surface area contributed by atoms with Crippen molar-refractivity contribution in [2.45, 2.75) is 6.42 Å². The molecule has 0 fully saturated rings. The van der Waals surface area contributed by atoms with Crippen LogP contribution < -0.4 is 5.73 Å². The van der Waals surface area contributed by atoms with Crippen molar-refractivity contribution < 1.29 is 4.52 Å². The second-order valence-corrected chi connectivity index (χ2v) is 3.24. The first-order chi connectivity index (χ1) is 6.31. The fraction of sp³-hybridized carbons (Fsp3) is 0.222. The van der Waals surface area contributed by atoms with Crippen LogP contribution in [0.3, 0.4) is 0 Å². The number of nitrogens with zero attached hydrogens (tertiary/aromatic N) is 1. The van der Waals surface area contributed by atoms with E-state index >= 15 is 0 Å². The van der Waals surface area contributed by atoms with E-state index in [1.807, 2.05) is 12.1 Å². The van der Waals surface area contributed by atoms with Crippen molar-refractivity contribution in [3.05, 3.63) is 28.9 Å². The monoisotopic (exact) mass is 196 g/mol. The van der Waals surface area contributed by atoms with Gasteiger partial charge in [0.2, 0.25) is 0 Å². The molecule has 0 aliphatic carbocycles. The van der Waals surface area contributed by atoms with E-state index in [-0.39, 0.29) is 0 Å². The first kappa shape index (κ1) is 8.53. The highest BCUT2D eigenvalue weighted by Gasteiger charge is 2.06. The van der Waals surface area contributed by atoms with Crippen LogP contribution in [-0.4, -0.2) is 11.7 Å². The van der Waals surface area contributed by atoms with Gasteiger partial charge in [0.25, 0.3) is 0 Å². The van der Waals surface area contributed by atoms with Crippen LogP contribution in [0.1, 0.15) is 5.69 Å². The minimum Gasteiger partial charge on any atom is -0.356 e. The molecule has 0 aliphatic heterocycles. The molecule has 13 heavy (non-hydrogen) atoms. The molecule has 1 heterocycles. The van der Waals surface area contributed by atoms with Crippen molar-refractivity contribution in [2.75, 3.05) is 6.54 Å². The number of halogens is 1. The van der Waals surface area contributed by atoms with Crippen LogP contribution in [0.2, 0.25) is 5.02 Å². The summed E-state index contributed by atoms with van der Waals surface area (Å²) in [6.45, 7) is 0.564. The number of nitrogens with two attached hydrogens (primary N) is 1. The van der Waals surface area contributed by atoms with Gasteiger partial charge in [0.05, 0.1) is 5.69 Å². The van der Waals surface area contributed by atoms with Gasteiger partial charge < -0.3 is 10.3 Å². The summed E-state index contributed by atoms with van der Waals surface area (Å²) >= 11 is 5.85. The number of hydrogen-bond donors (Lipinski definition) is 1. The van der Waals surface area contributed by atoms with E-state index in [0.717, 1.165) is 16.7 Å². The van der Waals surface area contributed by atoms with Gasteiger partial charge in [0.1, 0.15) is 0 Å². The van der Waals surface area contributed by atoms with Gasteiger partial charge in [-0.15, -0.1) is 0 Å². The molecule has 0 unspecified atom stereocenters. The first-order valence-corrected chi connectivity index (χ1v) is 4.43. The van der Waals surface area contributed by atoms with Crippen LogP contribution in [0.5, 0.6) is 0 Å². The van der Waals surface area contributed by atoms with E-state index in [0.29, 0.717) is 18.0 Å². The quantitative estimate of drug-likeness (QED) is 0.799. The summed E-state index contributed by atoms with van der Waals surface area (Å²) in [4.78, 5) is 0. The molecule has 2 N–H and O–H groups in total. The molecule has 0 atom stereocenters. The average Bonchev–Trinajstić information content (AvgIpc) is 2.49. The zero-order chi connectivity index (χ0) is 9.26. The predicted octanol–water partition coefficient (Wildman–Crippen LogP) is 1.98. The smallest absolute Gasteiger partial charge is 0.167 e. The lowest BCUT2D eigenvalue weighted by molar-refractivity contribution is 0.446. The van der Waals surface area contributed by atoms with Crippen molar-refractivity contribution in [3.8, 4) is 0 Å². The van der Waals surface area contributed by atoms with Crippen LogP contribution in [0.25, 0.3) is 11.0 Å². The molecule has 2 rings (SSSR count). The zero-order valence-corrected chi connectivity index (χ0v) is 7.71. The summed E-state index contributed by atoms with van der Waals surface area (Å²) in [5.41, 5.74) is 7.07. The normalized spacial score (nSPS) is 10.9. The highest BCUT2D eigenvalue weighted by Crippen LogP contribution is 2.22. The summed E-state index contributed by atoms with van der Waals surface area (Å²) in [6, 6.07) is 5.43. The zero-order valence-electron chi connectivity index (χ0n) is 6.96. The van der Waals surface area contributed by atoms with E-state index in [1.165, 1.54) is 0 Å². The Morgan fingerprint density at radius 1 is 1.46 bits per heavy atom. The molecule has 0 amide bonds. The van der Waals surface area contributed by atoms with Gasteiger partial charge in [-0.3, -0.25) is 0 Å². The molecule has 0 saturated carbocycles. The second-order valence-electron chi connectivity index (χ2n) is 2.81. The fourth-order valence-electron chi connectivity index (χ4n) is 1.28. The van der Waals surface area contributed by atoms with Gasteiger partial charge in [-0.2, -0.15) is 0 Å². The number of aromatic nitrogens is 1. The molecular weight excluding hydrogens is 188 g/mol. The number of hydrogen-bond acceptors (Lipinski definition) is 3. The third-order valence-electron chi connectivity index (χ3n) is 1.89. The van der Waals surface area contributed by atoms with Crippen LogP contribution in [-0.2, 0) is 6.42 Å². The third-order valence-corrected chi connectivity index (χ3v) is 2.12. The van der Waals surface area contributed by atoms with Gasteiger partial charge in [-0.05, 0) is 24.7 Å². The number of fused-ring (bicyclic) bond motifs is 1. The van der Waals surface area contributed by atoms with Crippen LogP contribution >= 0.6 is 11.6 Å². The summed E-state index contributed by atoms with van der Waals surface area (Å²) in [6.07, 6.45) is 0.716. The molecule has 0 radical (unpaired) electrons. The predicted molar refractivity (Wildman–Crippen MR) is 51.8 cm³/mol. The Hall–Kier alpha value is -1.06. The van der Waals surface area contributed by atoms with Gasteiger partial charge in [0, 0.05) is 16.8 Å². The molecule has 0 saturated heterocycles. The van der Waals surface area contributed by atoms with Crippen molar-refractivity contribution in [2.24, 2.45) is 5.73 Å². The Morgan fingerprint density at radius 3 is 3.08 bits per heavy atom. The Morgan fingerprint density at radius 2 is 2.31 bits per heavy atom. The van der Waals surface area contributed by atoms with Gasteiger partial charge in [-0.25, -0.2) is 0 Å². The highest BCUT2D eigenvalue weighted by molar-refractivity contribution is 6.31. The van der Waals surface area contributed by atoms with Crippen molar-refractivity contribution in [1.29, 1.82) is 0 Å². The molecule has 3 nitrogen and oxygen atoms in total. The van der Waals surface area contributed by atoms with Crippen molar-refractivity contribution in [1.82, 2.24) is 5.16 Å². The third kappa shape index (κ3) is 1.53. The van der Waals surface area contributed by atoms with Gasteiger partial charge in [-0.1, -0.05) is 16.8 Å². The standard InChI is InChI=1S/C9H9ClN2O/c10-6-1-2-9-7(5-6)8(3-4-11)12-13-9/h1-2,5H,3-4,11H2. The van der Waals surface area contributed by atoms with Gasteiger partial charge in [0.15, 0.2) is 5.58 Å². The summed E-state index contributed by atoms with van der Waals surface area (Å²) < 4.78 is 5.09. The number of rotatable bonds is 2. The summed E-state index contributed by atoms with van der Waals surface area (Å²) in [7, 11) is 0. The lowest BCUT2D eigenvalue weighted by Crippen LogP contribution is -2.02. The molecule has 4 heteroatoms. The Labute approximate surface area is 80.5 Å². The molecule has 2 aromatic rings. The average molecular weight is 197 g/mol. The molecular formula is C9H9ClN2O. The maximum atomic E-state index is 5.85. The molecule has 0 bridgehead atoms. The topological polar surface area (TPSA) is 52.0 Å². The van der Waals surface area contributed by atoms with E-state index in [9.17, 15) is 0 Å². The Balaban J connectivity index is 2.58. The summed E-state index contributed by atoms with van der Waals surface area (Å²) in [5, 5.41) is 5.56. The minimum atomic E-state index is 0.564. The second kappa shape index (κ2) is 3.36. The van der Waals surface area contributed by atoms with Gasteiger partial charge >= 0.3 is 0 Å². The maximum Gasteiger partial charge on any atom is 0.167 e. The lowest BCUT2D eigenvalue weighted by atomic mass is 10.2.